The van der Waals surface area contributed by atoms with Gasteiger partial charge in [0.25, 0.3) is 0 Å². The summed E-state index contributed by atoms with van der Waals surface area (Å²) in [7, 11) is 0. The molecular formula is C31H37N3O2. The SMILES string of the molecule is CCc1nn(-c2ccccc2)c(Oc2ccc(C)cc2)c1CN(CC(O)Cc1ccccc1)C(C)C. The Balaban J connectivity index is 1.67. The average Bonchev–Trinajstić information content (AvgIpc) is 3.23. The van der Waals surface area contributed by atoms with Gasteiger partial charge in [0.15, 0.2) is 0 Å². The third kappa shape index (κ3) is 6.42. The molecule has 1 N–H and O–H groups in total. The van der Waals surface area contributed by atoms with Crippen LogP contribution in [-0.4, -0.2) is 38.5 Å². The molecule has 0 saturated carbocycles. The van der Waals surface area contributed by atoms with Gasteiger partial charge in [0.2, 0.25) is 5.88 Å². The maximum absolute atomic E-state index is 10.9. The molecule has 36 heavy (non-hydrogen) atoms. The van der Waals surface area contributed by atoms with Gasteiger partial charge in [0.05, 0.1) is 23.0 Å². The molecule has 0 fully saturated rings. The molecule has 0 aliphatic rings. The van der Waals surface area contributed by atoms with E-state index in [2.05, 4.69) is 56.9 Å². The molecule has 0 saturated heterocycles. The van der Waals surface area contributed by atoms with Gasteiger partial charge < -0.3 is 9.84 Å². The smallest absolute Gasteiger partial charge is 0.227 e. The van der Waals surface area contributed by atoms with Crippen molar-refractivity contribution >= 4 is 0 Å². The summed E-state index contributed by atoms with van der Waals surface area (Å²) in [6, 6.07) is 28.6. The lowest BCUT2D eigenvalue weighted by Crippen LogP contribution is -2.38. The molecule has 0 bridgehead atoms. The van der Waals surface area contributed by atoms with Crippen LogP contribution in [0.4, 0.5) is 0 Å². The van der Waals surface area contributed by atoms with Gasteiger partial charge in [-0.2, -0.15) is 5.10 Å². The summed E-state index contributed by atoms with van der Waals surface area (Å²) >= 11 is 0. The first-order chi connectivity index (χ1) is 17.4. The van der Waals surface area contributed by atoms with Gasteiger partial charge in [-0.15, -0.1) is 0 Å². The monoisotopic (exact) mass is 483 g/mol. The van der Waals surface area contributed by atoms with Crippen LogP contribution in [0.15, 0.2) is 84.9 Å². The number of aliphatic hydroxyl groups excluding tert-OH is 1. The Morgan fingerprint density at radius 1 is 0.917 bits per heavy atom. The third-order valence-electron chi connectivity index (χ3n) is 6.44. The lowest BCUT2D eigenvalue weighted by atomic mass is 10.1. The van der Waals surface area contributed by atoms with Crippen molar-refractivity contribution in [1.82, 2.24) is 14.7 Å². The van der Waals surface area contributed by atoms with Gasteiger partial charge in [-0.05, 0) is 63.4 Å². The van der Waals surface area contributed by atoms with Crippen molar-refractivity contribution in [1.29, 1.82) is 0 Å². The minimum atomic E-state index is -0.467. The van der Waals surface area contributed by atoms with E-state index >= 15 is 0 Å². The van der Waals surface area contributed by atoms with Gasteiger partial charge in [-0.25, -0.2) is 4.68 Å². The number of hydrogen-bond acceptors (Lipinski definition) is 4. The third-order valence-corrected chi connectivity index (χ3v) is 6.44. The fraction of sp³-hybridized carbons (Fsp3) is 0.323. The molecule has 0 aliphatic heterocycles. The predicted molar refractivity (Wildman–Crippen MR) is 146 cm³/mol. The Bertz CT molecular complexity index is 1220. The van der Waals surface area contributed by atoms with E-state index in [1.165, 1.54) is 5.56 Å². The fourth-order valence-corrected chi connectivity index (χ4v) is 4.37. The Labute approximate surface area is 215 Å². The highest BCUT2D eigenvalue weighted by Crippen LogP contribution is 2.33. The molecule has 5 nitrogen and oxygen atoms in total. The van der Waals surface area contributed by atoms with E-state index in [0.29, 0.717) is 19.5 Å². The summed E-state index contributed by atoms with van der Waals surface area (Å²) in [6.07, 6.45) is 0.948. The van der Waals surface area contributed by atoms with Crippen molar-refractivity contribution < 1.29 is 9.84 Å². The van der Waals surface area contributed by atoms with Gasteiger partial charge in [-0.3, -0.25) is 4.90 Å². The number of nitrogens with zero attached hydrogens (tertiary/aromatic N) is 3. The van der Waals surface area contributed by atoms with Crippen LogP contribution in [0.1, 0.15) is 43.2 Å². The summed E-state index contributed by atoms with van der Waals surface area (Å²) in [5.41, 5.74) is 5.35. The van der Waals surface area contributed by atoms with E-state index in [0.717, 1.165) is 40.6 Å². The van der Waals surface area contributed by atoms with Crippen LogP contribution in [0, 0.1) is 6.92 Å². The molecule has 0 radical (unpaired) electrons. The fourth-order valence-electron chi connectivity index (χ4n) is 4.37. The van der Waals surface area contributed by atoms with Crippen molar-refractivity contribution in [2.75, 3.05) is 6.54 Å². The predicted octanol–water partition coefficient (Wildman–Crippen LogP) is 6.35. The largest absolute Gasteiger partial charge is 0.439 e. The Morgan fingerprint density at radius 2 is 1.56 bits per heavy atom. The van der Waals surface area contributed by atoms with Crippen molar-refractivity contribution in [3.05, 3.63) is 107 Å². The normalized spacial score (nSPS) is 12.3. The van der Waals surface area contributed by atoms with Crippen molar-refractivity contribution in [2.45, 2.75) is 59.2 Å². The Hall–Kier alpha value is -3.41. The number of benzene rings is 3. The Morgan fingerprint density at radius 3 is 2.17 bits per heavy atom. The highest BCUT2D eigenvalue weighted by molar-refractivity contribution is 5.44. The van der Waals surface area contributed by atoms with Crippen LogP contribution in [0.25, 0.3) is 5.69 Å². The van der Waals surface area contributed by atoms with Crippen molar-refractivity contribution in [3.63, 3.8) is 0 Å². The topological polar surface area (TPSA) is 50.5 Å². The number of hydrogen-bond donors (Lipinski definition) is 1. The maximum atomic E-state index is 10.9. The van der Waals surface area contributed by atoms with Crippen LogP contribution >= 0.6 is 0 Å². The first kappa shape index (κ1) is 25.7. The zero-order chi connectivity index (χ0) is 25.5. The number of aryl methyl sites for hydroxylation is 2. The number of ether oxygens (including phenoxy) is 1. The van der Waals surface area contributed by atoms with E-state index in [1.807, 2.05) is 65.3 Å². The quantitative estimate of drug-likeness (QED) is 0.270. The highest BCUT2D eigenvalue weighted by atomic mass is 16.5. The first-order valence-electron chi connectivity index (χ1n) is 12.8. The van der Waals surface area contributed by atoms with Crippen molar-refractivity contribution in [2.24, 2.45) is 0 Å². The van der Waals surface area contributed by atoms with Crippen LogP contribution in [0.5, 0.6) is 11.6 Å². The van der Waals surface area contributed by atoms with Crippen LogP contribution in [0.3, 0.4) is 0 Å². The molecule has 1 heterocycles. The second kappa shape index (κ2) is 12.0. The molecule has 4 aromatic rings. The maximum Gasteiger partial charge on any atom is 0.227 e. The zero-order valence-corrected chi connectivity index (χ0v) is 21.8. The van der Waals surface area contributed by atoms with E-state index in [1.54, 1.807) is 0 Å². The van der Waals surface area contributed by atoms with E-state index < -0.39 is 6.10 Å². The summed E-state index contributed by atoms with van der Waals surface area (Å²) in [6.45, 7) is 9.74. The number of aliphatic hydroxyl groups is 1. The number of rotatable bonds is 11. The lowest BCUT2D eigenvalue weighted by molar-refractivity contribution is 0.0902. The minimum Gasteiger partial charge on any atom is -0.439 e. The van der Waals surface area contributed by atoms with Gasteiger partial charge in [-0.1, -0.05) is 73.2 Å². The molecule has 5 heteroatoms. The summed E-state index contributed by atoms with van der Waals surface area (Å²) in [5, 5.41) is 15.9. The molecule has 188 valence electrons. The van der Waals surface area contributed by atoms with E-state index in [-0.39, 0.29) is 6.04 Å². The summed E-state index contributed by atoms with van der Waals surface area (Å²) < 4.78 is 8.43. The molecule has 1 aromatic heterocycles. The van der Waals surface area contributed by atoms with Crippen LogP contribution in [-0.2, 0) is 19.4 Å². The van der Waals surface area contributed by atoms with Crippen molar-refractivity contribution in [3.8, 4) is 17.3 Å². The lowest BCUT2D eigenvalue weighted by Gasteiger charge is -2.29. The number of para-hydroxylation sites is 1. The first-order valence-corrected chi connectivity index (χ1v) is 12.8. The van der Waals surface area contributed by atoms with Crippen LogP contribution < -0.4 is 4.74 Å². The number of aromatic nitrogens is 2. The van der Waals surface area contributed by atoms with Gasteiger partial charge >= 0.3 is 0 Å². The zero-order valence-electron chi connectivity index (χ0n) is 21.8. The van der Waals surface area contributed by atoms with E-state index in [4.69, 9.17) is 9.84 Å². The summed E-state index contributed by atoms with van der Waals surface area (Å²) in [4.78, 5) is 2.31. The van der Waals surface area contributed by atoms with Gasteiger partial charge in [0.1, 0.15) is 5.75 Å². The second-order valence-electron chi connectivity index (χ2n) is 9.61. The minimum absolute atomic E-state index is 0.243. The van der Waals surface area contributed by atoms with Crippen LogP contribution in [0.2, 0.25) is 0 Å². The molecule has 4 rings (SSSR count). The van der Waals surface area contributed by atoms with Gasteiger partial charge in [0, 0.05) is 19.1 Å². The molecular weight excluding hydrogens is 446 g/mol. The molecule has 1 atom stereocenters. The molecule has 1 unspecified atom stereocenters. The average molecular weight is 484 g/mol. The van der Waals surface area contributed by atoms with E-state index in [9.17, 15) is 5.11 Å². The molecule has 0 spiro atoms. The molecule has 0 aliphatic carbocycles. The molecule has 0 amide bonds. The Kier molecular flexibility index (Phi) is 8.57. The molecule has 3 aromatic carbocycles. The second-order valence-corrected chi connectivity index (χ2v) is 9.61. The summed E-state index contributed by atoms with van der Waals surface area (Å²) in [5.74, 6) is 1.51. The standard InChI is InChI=1S/C31H37N3O2/c1-5-30-29(22-33(23(2)3)21-27(35)20-25-12-8-6-9-13-25)31(36-28-18-16-24(4)17-19-28)34(32-30)26-14-10-7-11-15-26/h6-19,23,27,35H,5,20-22H2,1-4H3. The highest BCUT2D eigenvalue weighted by Gasteiger charge is 2.25.